The number of rotatable bonds is 4. The van der Waals surface area contributed by atoms with Gasteiger partial charge in [0.25, 0.3) is 0 Å². The molecule has 1 fully saturated rings. The van der Waals surface area contributed by atoms with E-state index in [0.29, 0.717) is 28.3 Å². The van der Waals surface area contributed by atoms with Crippen LogP contribution in [0.1, 0.15) is 24.8 Å². The maximum absolute atomic E-state index is 13.1. The van der Waals surface area contributed by atoms with Crippen molar-refractivity contribution in [3.63, 3.8) is 0 Å². The van der Waals surface area contributed by atoms with Gasteiger partial charge < -0.3 is 0 Å². The Morgan fingerprint density at radius 3 is 2.32 bits per heavy atom. The van der Waals surface area contributed by atoms with Crippen molar-refractivity contribution >= 4 is 9.84 Å². The summed E-state index contributed by atoms with van der Waals surface area (Å²) in [5.74, 6) is 0.353. The first kappa shape index (κ1) is 16.6. The summed E-state index contributed by atoms with van der Waals surface area (Å²) in [5.41, 5.74) is 1.24. The third-order valence-electron chi connectivity index (χ3n) is 5.39. The Morgan fingerprint density at radius 1 is 0.920 bits per heavy atom. The molecule has 2 aliphatic rings. The van der Waals surface area contributed by atoms with E-state index in [9.17, 15) is 8.42 Å². The minimum absolute atomic E-state index is 0.353. The van der Waals surface area contributed by atoms with Gasteiger partial charge in [0, 0.05) is 19.1 Å². The molecule has 0 N–H and O–H groups in total. The highest BCUT2D eigenvalue weighted by Gasteiger charge is 2.38. The first-order valence-electron chi connectivity index (χ1n) is 8.93. The second kappa shape index (κ2) is 6.77. The van der Waals surface area contributed by atoms with Gasteiger partial charge in [0.2, 0.25) is 9.84 Å². The lowest BCUT2D eigenvalue weighted by Gasteiger charge is -2.37. The van der Waals surface area contributed by atoms with Crippen LogP contribution >= 0.6 is 0 Å². The van der Waals surface area contributed by atoms with Crippen molar-refractivity contribution in [1.82, 2.24) is 4.90 Å². The fourth-order valence-electron chi connectivity index (χ4n) is 4.14. The number of fused-ring (bicyclic) bond motifs is 1. The molecular formula is C21H23NO2S. The third-order valence-corrected chi connectivity index (χ3v) is 7.23. The van der Waals surface area contributed by atoms with Crippen LogP contribution in [0.25, 0.3) is 0 Å². The average molecular weight is 353 g/mol. The van der Waals surface area contributed by atoms with Crippen LogP contribution in [-0.2, 0) is 16.4 Å². The Kier molecular flexibility index (Phi) is 4.48. The lowest BCUT2D eigenvalue weighted by atomic mass is 9.97. The molecule has 2 aromatic rings. The summed E-state index contributed by atoms with van der Waals surface area (Å²) in [7, 11) is -3.41. The molecule has 1 saturated carbocycles. The minimum atomic E-state index is -3.41. The van der Waals surface area contributed by atoms with Crippen molar-refractivity contribution in [3.8, 4) is 0 Å². The van der Waals surface area contributed by atoms with Crippen LogP contribution in [0.15, 0.2) is 76.5 Å². The molecule has 0 amide bonds. The van der Waals surface area contributed by atoms with E-state index in [1.165, 1.54) is 12.0 Å². The summed E-state index contributed by atoms with van der Waals surface area (Å²) in [6.45, 7) is 1.32. The molecule has 1 aliphatic heterocycles. The maximum atomic E-state index is 13.1. The van der Waals surface area contributed by atoms with E-state index in [1.54, 1.807) is 24.3 Å². The summed E-state index contributed by atoms with van der Waals surface area (Å²) < 4.78 is 26.2. The Hall–Kier alpha value is -1.91. The predicted octanol–water partition coefficient (Wildman–Crippen LogP) is 4.03. The molecule has 0 radical (unpaired) electrons. The van der Waals surface area contributed by atoms with Gasteiger partial charge in [-0.05, 0) is 36.5 Å². The van der Waals surface area contributed by atoms with Gasteiger partial charge in [-0.3, -0.25) is 4.90 Å². The van der Waals surface area contributed by atoms with Gasteiger partial charge in [-0.15, -0.1) is 0 Å². The molecule has 3 nitrogen and oxygen atoms in total. The summed E-state index contributed by atoms with van der Waals surface area (Å²) in [6.07, 6.45) is 5.47. The van der Waals surface area contributed by atoms with Gasteiger partial charge in [-0.25, -0.2) is 8.42 Å². The Morgan fingerprint density at radius 2 is 1.60 bits per heavy atom. The second-order valence-corrected chi connectivity index (χ2v) is 9.00. The molecule has 0 aromatic heterocycles. The van der Waals surface area contributed by atoms with E-state index in [2.05, 4.69) is 17.0 Å². The number of hydrogen-bond acceptors (Lipinski definition) is 3. The zero-order valence-electron chi connectivity index (χ0n) is 14.2. The molecule has 1 aliphatic carbocycles. The smallest absolute Gasteiger partial charge is 0.203 e. The number of benzene rings is 2. The van der Waals surface area contributed by atoms with Gasteiger partial charge in [0.05, 0.1) is 9.80 Å². The van der Waals surface area contributed by atoms with Gasteiger partial charge in [-0.1, -0.05) is 61.0 Å². The molecule has 130 valence electrons. The van der Waals surface area contributed by atoms with Gasteiger partial charge in [0.15, 0.2) is 0 Å². The third kappa shape index (κ3) is 3.29. The molecule has 0 bridgehead atoms. The number of hydrogen-bond donors (Lipinski definition) is 0. The van der Waals surface area contributed by atoms with Crippen molar-refractivity contribution in [2.24, 2.45) is 5.92 Å². The van der Waals surface area contributed by atoms with Crippen LogP contribution in [-0.4, -0.2) is 25.9 Å². The van der Waals surface area contributed by atoms with Crippen LogP contribution in [0.5, 0.6) is 0 Å². The Balaban J connectivity index is 1.65. The summed E-state index contributed by atoms with van der Waals surface area (Å²) in [4.78, 5) is 3.33. The zero-order chi connectivity index (χ0) is 17.3. The monoisotopic (exact) mass is 353 g/mol. The largest absolute Gasteiger partial charge is 0.291 e. The zero-order valence-corrected chi connectivity index (χ0v) is 15.0. The van der Waals surface area contributed by atoms with Crippen molar-refractivity contribution in [1.29, 1.82) is 0 Å². The normalized spacial score (nSPS) is 23.9. The fraction of sp³-hybridized carbons (Fsp3) is 0.333. The molecule has 2 aromatic carbocycles. The van der Waals surface area contributed by atoms with Crippen LogP contribution in [0, 0.1) is 5.92 Å². The van der Waals surface area contributed by atoms with Gasteiger partial charge >= 0.3 is 0 Å². The summed E-state index contributed by atoms with van der Waals surface area (Å²) in [6, 6.07) is 19.6. The van der Waals surface area contributed by atoms with E-state index in [1.807, 2.05) is 30.3 Å². The molecule has 4 heteroatoms. The lowest BCUT2D eigenvalue weighted by Crippen LogP contribution is -2.42. The summed E-state index contributed by atoms with van der Waals surface area (Å²) >= 11 is 0. The predicted molar refractivity (Wildman–Crippen MR) is 99.7 cm³/mol. The first-order valence-corrected chi connectivity index (χ1v) is 10.4. The topological polar surface area (TPSA) is 37.4 Å². The van der Waals surface area contributed by atoms with Crippen LogP contribution in [0.3, 0.4) is 0 Å². The standard InChI is InChI=1S/C21H23NO2S/c23-25(24,19-11-5-2-6-12-19)20-14-18-10-7-13-21(18)22(16-20)15-17-8-3-1-4-9-17/h1-6,8-9,11-12,14,18,21H,7,10,13,15-16H2/t18-,21-/m1/s1. The highest BCUT2D eigenvalue weighted by atomic mass is 32.2. The Bertz CT molecular complexity index is 859. The van der Waals surface area contributed by atoms with Crippen molar-refractivity contribution < 1.29 is 8.42 Å². The molecule has 0 saturated heterocycles. The molecular weight excluding hydrogens is 330 g/mol. The quantitative estimate of drug-likeness (QED) is 0.833. The maximum Gasteiger partial charge on any atom is 0.203 e. The second-order valence-electron chi connectivity index (χ2n) is 7.00. The average Bonchev–Trinajstić information content (AvgIpc) is 3.12. The number of nitrogens with zero attached hydrogens (tertiary/aromatic N) is 1. The minimum Gasteiger partial charge on any atom is -0.291 e. The SMILES string of the molecule is O=S(=O)(C1=C[C@H]2CCC[C@H]2N(Cc2ccccc2)C1)c1ccccc1. The fourth-order valence-corrected chi connectivity index (χ4v) is 5.65. The van der Waals surface area contributed by atoms with Gasteiger partial charge in [0.1, 0.15) is 0 Å². The van der Waals surface area contributed by atoms with Gasteiger partial charge in [-0.2, -0.15) is 0 Å². The van der Waals surface area contributed by atoms with Crippen molar-refractivity contribution in [2.45, 2.75) is 36.7 Å². The highest BCUT2D eigenvalue weighted by molar-refractivity contribution is 7.95. The lowest BCUT2D eigenvalue weighted by molar-refractivity contribution is 0.172. The molecule has 4 rings (SSSR count). The first-order chi connectivity index (χ1) is 12.1. The van der Waals surface area contributed by atoms with Crippen LogP contribution < -0.4 is 0 Å². The van der Waals surface area contributed by atoms with Crippen LogP contribution in [0.2, 0.25) is 0 Å². The molecule has 2 atom stereocenters. The highest BCUT2D eigenvalue weighted by Crippen LogP contribution is 2.38. The van der Waals surface area contributed by atoms with E-state index in [-0.39, 0.29) is 0 Å². The molecule has 25 heavy (non-hydrogen) atoms. The number of sulfone groups is 1. The van der Waals surface area contributed by atoms with E-state index in [0.717, 1.165) is 19.4 Å². The van der Waals surface area contributed by atoms with E-state index in [4.69, 9.17) is 0 Å². The molecule has 1 heterocycles. The molecule has 0 spiro atoms. The van der Waals surface area contributed by atoms with E-state index < -0.39 is 9.84 Å². The summed E-state index contributed by atoms with van der Waals surface area (Å²) in [5, 5.41) is 0. The van der Waals surface area contributed by atoms with Crippen molar-refractivity contribution in [3.05, 3.63) is 77.2 Å². The van der Waals surface area contributed by atoms with E-state index >= 15 is 0 Å². The Labute approximate surface area is 149 Å². The van der Waals surface area contributed by atoms with Crippen LogP contribution in [0.4, 0.5) is 0 Å². The molecule has 0 unspecified atom stereocenters. The van der Waals surface area contributed by atoms with Crippen molar-refractivity contribution in [2.75, 3.05) is 6.54 Å².